The van der Waals surface area contributed by atoms with Gasteiger partial charge in [-0.25, -0.2) is 0 Å². The van der Waals surface area contributed by atoms with Gasteiger partial charge in [0.15, 0.2) is 0 Å². The molecule has 21 heavy (non-hydrogen) atoms. The molecule has 2 unspecified atom stereocenters. The lowest BCUT2D eigenvalue weighted by atomic mass is 9.78. The molecule has 3 N–H and O–H groups in total. The predicted octanol–water partition coefficient (Wildman–Crippen LogP) is 3.02. The van der Waals surface area contributed by atoms with Crippen LogP contribution in [0.1, 0.15) is 50.7 Å². The molecule has 3 heteroatoms. The van der Waals surface area contributed by atoms with Gasteiger partial charge in [0.25, 0.3) is 0 Å². The van der Waals surface area contributed by atoms with E-state index in [-0.39, 0.29) is 5.91 Å². The second-order valence-corrected chi connectivity index (χ2v) is 6.56. The van der Waals surface area contributed by atoms with Crippen LogP contribution in [0.2, 0.25) is 0 Å². The van der Waals surface area contributed by atoms with E-state index in [9.17, 15) is 4.79 Å². The molecule has 116 valence electrons. The van der Waals surface area contributed by atoms with E-state index in [4.69, 9.17) is 5.73 Å². The number of rotatable bonds is 5. The Hall–Kier alpha value is -1.35. The van der Waals surface area contributed by atoms with Gasteiger partial charge in [-0.3, -0.25) is 4.79 Å². The van der Waals surface area contributed by atoms with Crippen LogP contribution in [0.5, 0.6) is 0 Å². The molecule has 1 aromatic rings. The van der Waals surface area contributed by atoms with E-state index in [1.807, 2.05) is 24.3 Å². The fraction of sp³-hybridized carbons (Fsp3) is 0.611. The summed E-state index contributed by atoms with van der Waals surface area (Å²) in [4.78, 5) is 12.3. The summed E-state index contributed by atoms with van der Waals surface area (Å²) in [5.74, 6) is 1.41. The largest absolute Gasteiger partial charge is 0.353 e. The van der Waals surface area contributed by atoms with Crippen molar-refractivity contribution in [3.63, 3.8) is 0 Å². The van der Waals surface area contributed by atoms with Gasteiger partial charge in [0, 0.05) is 12.6 Å². The van der Waals surface area contributed by atoms with Crippen LogP contribution in [0.4, 0.5) is 0 Å². The standard InChI is InChI=1S/C18H28N2O/c1-13(2)16-5-3-4-6-17(16)20-18(21)11-14-7-9-15(12-19)10-8-14/h7-10,13,16-17H,3-6,11-12,19H2,1-2H3,(H,20,21). The van der Waals surface area contributed by atoms with Crippen LogP contribution >= 0.6 is 0 Å². The maximum Gasteiger partial charge on any atom is 0.224 e. The average molecular weight is 288 g/mol. The lowest BCUT2D eigenvalue weighted by Crippen LogP contribution is -2.44. The zero-order chi connectivity index (χ0) is 15.2. The molecule has 2 atom stereocenters. The monoisotopic (exact) mass is 288 g/mol. The van der Waals surface area contributed by atoms with Gasteiger partial charge in [-0.1, -0.05) is 51.0 Å². The summed E-state index contributed by atoms with van der Waals surface area (Å²) in [7, 11) is 0. The van der Waals surface area contributed by atoms with E-state index in [1.54, 1.807) is 0 Å². The summed E-state index contributed by atoms with van der Waals surface area (Å²) in [6.45, 7) is 5.08. The predicted molar refractivity (Wildman–Crippen MR) is 86.8 cm³/mol. The third kappa shape index (κ3) is 4.57. The minimum Gasteiger partial charge on any atom is -0.353 e. The van der Waals surface area contributed by atoms with Crippen molar-refractivity contribution in [1.82, 2.24) is 5.32 Å². The van der Waals surface area contributed by atoms with Gasteiger partial charge in [-0.05, 0) is 35.8 Å². The number of amides is 1. The van der Waals surface area contributed by atoms with Crippen molar-refractivity contribution >= 4 is 5.91 Å². The Morgan fingerprint density at radius 3 is 2.43 bits per heavy atom. The van der Waals surface area contributed by atoms with E-state index < -0.39 is 0 Å². The van der Waals surface area contributed by atoms with Gasteiger partial charge in [0.1, 0.15) is 0 Å². The van der Waals surface area contributed by atoms with E-state index in [0.717, 1.165) is 17.5 Å². The van der Waals surface area contributed by atoms with Gasteiger partial charge < -0.3 is 11.1 Å². The molecule has 0 bridgehead atoms. The smallest absolute Gasteiger partial charge is 0.224 e. The van der Waals surface area contributed by atoms with Crippen molar-refractivity contribution in [3.8, 4) is 0 Å². The summed E-state index contributed by atoms with van der Waals surface area (Å²) >= 11 is 0. The third-order valence-electron chi connectivity index (χ3n) is 4.65. The molecular formula is C18H28N2O. The van der Waals surface area contributed by atoms with Gasteiger partial charge in [-0.15, -0.1) is 0 Å². The minimum absolute atomic E-state index is 0.146. The molecule has 1 saturated carbocycles. The minimum atomic E-state index is 0.146. The lowest BCUT2D eigenvalue weighted by Gasteiger charge is -2.35. The first kappa shape index (κ1) is 16.0. The van der Waals surface area contributed by atoms with Crippen LogP contribution < -0.4 is 11.1 Å². The molecule has 0 saturated heterocycles. The molecule has 2 rings (SSSR count). The summed E-state index contributed by atoms with van der Waals surface area (Å²) < 4.78 is 0. The first-order chi connectivity index (χ1) is 10.1. The molecule has 1 aromatic carbocycles. The lowest BCUT2D eigenvalue weighted by molar-refractivity contribution is -0.121. The Morgan fingerprint density at radius 1 is 1.19 bits per heavy atom. The number of carbonyl (C=O) groups is 1. The number of nitrogens with two attached hydrogens (primary N) is 1. The first-order valence-electron chi connectivity index (χ1n) is 8.17. The summed E-state index contributed by atoms with van der Waals surface area (Å²) in [5.41, 5.74) is 7.75. The van der Waals surface area contributed by atoms with Gasteiger partial charge in [0.05, 0.1) is 6.42 Å². The number of hydrogen-bond acceptors (Lipinski definition) is 2. The molecule has 0 spiro atoms. The Balaban J connectivity index is 1.90. The molecule has 1 aliphatic rings. The van der Waals surface area contributed by atoms with Gasteiger partial charge >= 0.3 is 0 Å². The van der Waals surface area contributed by atoms with Crippen LogP contribution in [-0.4, -0.2) is 11.9 Å². The van der Waals surface area contributed by atoms with E-state index >= 15 is 0 Å². The fourth-order valence-electron chi connectivity index (χ4n) is 3.37. The maximum absolute atomic E-state index is 12.3. The highest BCUT2D eigenvalue weighted by Gasteiger charge is 2.28. The average Bonchev–Trinajstić information content (AvgIpc) is 2.48. The highest BCUT2D eigenvalue weighted by atomic mass is 16.1. The highest BCUT2D eigenvalue weighted by Crippen LogP contribution is 2.30. The van der Waals surface area contributed by atoms with Crippen LogP contribution in [0.3, 0.4) is 0 Å². The summed E-state index contributed by atoms with van der Waals surface area (Å²) in [6.07, 6.45) is 5.37. The molecule has 0 aromatic heterocycles. The van der Waals surface area contributed by atoms with Crippen molar-refractivity contribution in [2.45, 2.75) is 58.5 Å². The van der Waals surface area contributed by atoms with Crippen molar-refractivity contribution in [1.29, 1.82) is 0 Å². The molecule has 0 radical (unpaired) electrons. The third-order valence-corrected chi connectivity index (χ3v) is 4.65. The second-order valence-electron chi connectivity index (χ2n) is 6.56. The Labute approximate surface area is 128 Å². The van der Waals surface area contributed by atoms with E-state index in [1.165, 1.54) is 19.3 Å². The highest BCUT2D eigenvalue weighted by molar-refractivity contribution is 5.78. The van der Waals surface area contributed by atoms with Crippen LogP contribution in [-0.2, 0) is 17.8 Å². The Kier molecular flexibility index (Phi) is 5.80. The quantitative estimate of drug-likeness (QED) is 0.875. The van der Waals surface area contributed by atoms with Crippen LogP contribution in [0, 0.1) is 11.8 Å². The van der Waals surface area contributed by atoms with Crippen LogP contribution in [0.15, 0.2) is 24.3 Å². The number of benzene rings is 1. The first-order valence-corrected chi connectivity index (χ1v) is 8.17. The van der Waals surface area contributed by atoms with Crippen LogP contribution in [0.25, 0.3) is 0 Å². The molecule has 1 amide bonds. The van der Waals surface area contributed by atoms with Crippen molar-refractivity contribution in [3.05, 3.63) is 35.4 Å². The van der Waals surface area contributed by atoms with Gasteiger partial charge in [0.2, 0.25) is 5.91 Å². The zero-order valence-corrected chi connectivity index (χ0v) is 13.3. The normalized spacial score (nSPS) is 22.3. The molecule has 0 aliphatic heterocycles. The maximum atomic E-state index is 12.3. The topological polar surface area (TPSA) is 55.1 Å². The molecular weight excluding hydrogens is 260 g/mol. The number of carbonyl (C=O) groups excluding carboxylic acids is 1. The molecule has 1 fully saturated rings. The molecule has 1 aliphatic carbocycles. The molecule has 0 heterocycles. The summed E-state index contributed by atoms with van der Waals surface area (Å²) in [6, 6.07) is 8.36. The number of nitrogens with one attached hydrogen (secondary N) is 1. The van der Waals surface area contributed by atoms with E-state index in [2.05, 4.69) is 19.2 Å². The fourth-order valence-corrected chi connectivity index (χ4v) is 3.37. The molecule has 3 nitrogen and oxygen atoms in total. The van der Waals surface area contributed by atoms with Gasteiger partial charge in [-0.2, -0.15) is 0 Å². The zero-order valence-electron chi connectivity index (χ0n) is 13.3. The SMILES string of the molecule is CC(C)C1CCCCC1NC(=O)Cc1ccc(CN)cc1. The Morgan fingerprint density at radius 2 is 1.81 bits per heavy atom. The van der Waals surface area contributed by atoms with Crippen molar-refractivity contribution in [2.24, 2.45) is 17.6 Å². The van der Waals surface area contributed by atoms with Crippen molar-refractivity contribution in [2.75, 3.05) is 0 Å². The number of hydrogen-bond donors (Lipinski definition) is 2. The Bertz CT molecular complexity index is 453. The summed E-state index contributed by atoms with van der Waals surface area (Å²) in [5, 5.41) is 3.26. The second kappa shape index (κ2) is 7.60. The van der Waals surface area contributed by atoms with E-state index in [0.29, 0.717) is 30.8 Å². The van der Waals surface area contributed by atoms with Crippen molar-refractivity contribution < 1.29 is 4.79 Å².